The molecule has 1 aromatic rings. The number of anilines is 1. The van der Waals surface area contributed by atoms with E-state index in [1.807, 2.05) is 19.1 Å². The van der Waals surface area contributed by atoms with Crippen LogP contribution in [0.4, 0.5) is 10.5 Å². The highest BCUT2D eigenvalue weighted by Gasteiger charge is 2.28. The molecule has 1 unspecified atom stereocenters. The van der Waals surface area contributed by atoms with Crippen LogP contribution in [0.3, 0.4) is 0 Å². The summed E-state index contributed by atoms with van der Waals surface area (Å²) in [5.41, 5.74) is 1.64. The van der Waals surface area contributed by atoms with E-state index in [0.29, 0.717) is 12.1 Å². The molecule has 1 fully saturated rings. The zero-order valence-corrected chi connectivity index (χ0v) is 12.8. The molecule has 19 heavy (non-hydrogen) atoms. The topological polar surface area (TPSA) is 75.3 Å². The van der Waals surface area contributed by atoms with E-state index in [9.17, 15) is 13.2 Å². The summed E-state index contributed by atoms with van der Waals surface area (Å²) in [6.45, 7) is 1.89. The zero-order valence-electron chi connectivity index (χ0n) is 10.4. The summed E-state index contributed by atoms with van der Waals surface area (Å²) in [5, 5.41) is 5.41. The second-order valence-electron chi connectivity index (χ2n) is 4.66. The fourth-order valence-corrected chi connectivity index (χ4v) is 4.17. The van der Waals surface area contributed by atoms with Crippen LogP contribution in [0.5, 0.6) is 0 Å². The van der Waals surface area contributed by atoms with Crippen LogP contribution in [0.25, 0.3) is 0 Å². The van der Waals surface area contributed by atoms with Crippen molar-refractivity contribution >= 4 is 37.5 Å². The third kappa shape index (κ3) is 3.94. The van der Waals surface area contributed by atoms with Gasteiger partial charge in [0.15, 0.2) is 9.84 Å². The molecule has 2 rings (SSSR count). The summed E-state index contributed by atoms with van der Waals surface area (Å²) < 4.78 is 23.5. The van der Waals surface area contributed by atoms with Crippen molar-refractivity contribution in [1.82, 2.24) is 5.32 Å². The van der Waals surface area contributed by atoms with Crippen molar-refractivity contribution in [3.05, 3.63) is 28.2 Å². The molecule has 0 bridgehead atoms. The molecule has 1 heterocycles. The Morgan fingerprint density at radius 2 is 2.16 bits per heavy atom. The minimum atomic E-state index is -2.98. The van der Waals surface area contributed by atoms with Crippen LogP contribution in [0, 0.1) is 6.92 Å². The Morgan fingerprint density at radius 3 is 2.74 bits per heavy atom. The van der Waals surface area contributed by atoms with Crippen LogP contribution < -0.4 is 10.6 Å². The highest BCUT2D eigenvalue weighted by atomic mass is 79.9. The molecular formula is C12H15BrN2O3S. The Balaban J connectivity index is 1.95. The first-order valence-corrected chi connectivity index (χ1v) is 8.51. The second-order valence-corrected chi connectivity index (χ2v) is 7.80. The molecule has 2 N–H and O–H groups in total. The van der Waals surface area contributed by atoms with Gasteiger partial charge in [-0.1, -0.05) is 15.9 Å². The van der Waals surface area contributed by atoms with Gasteiger partial charge < -0.3 is 10.6 Å². The van der Waals surface area contributed by atoms with Crippen molar-refractivity contribution in [1.29, 1.82) is 0 Å². The molecule has 0 radical (unpaired) electrons. The lowest BCUT2D eigenvalue weighted by molar-refractivity contribution is 0.249. The molecule has 0 aliphatic carbocycles. The zero-order chi connectivity index (χ0) is 14.0. The predicted molar refractivity (Wildman–Crippen MR) is 78.1 cm³/mol. The fraction of sp³-hybridized carbons (Fsp3) is 0.417. The standard InChI is InChI=1S/C12H15BrN2O3S/c1-8-6-9(13)2-3-11(8)15-12(16)14-10-4-5-19(17,18)7-10/h2-3,6,10H,4-5,7H2,1H3,(H2,14,15,16). The first kappa shape index (κ1) is 14.3. The Hall–Kier alpha value is -1.08. The van der Waals surface area contributed by atoms with Gasteiger partial charge in [-0.15, -0.1) is 0 Å². The highest BCUT2D eigenvalue weighted by Crippen LogP contribution is 2.20. The normalized spacial score (nSPS) is 21.1. The molecule has 0 aromatic heterocycles. The van der Waals surface area contributed by atoms with Crippen molar-refractivity contribution in [2.45, 2.75) is 19.4 Å². The molecule has 1 atom stereocenters. The van der Waals surface area contributed by atoms with E-state index in [1.165, 1.54) is 0 Å². The van der Waals surface area contributed by atoms with Crippen LogP contribution >= 0.6 is 15.9 Å². The number of urea groups is 1. The van der Waals surface area contributed by atoms with Crippen molar-refractivity contribution in [3.63, 3.8) is 0 Å². The number of carbonyl (C=O) groups is 1. The van der Waals surface area contributed by atoms with E-state index in [-0.39, 0.29) is 23.6 Å². The monoisotopic (exact) mass is 346 g/mol. The molecule has 7 heteroatoms. The second kappa shape index (κ2) is 5.50. The smallest absolute Gasteiger partial charge is 0.319 e. The first-order valence-electron chi connectivity index (χ1n) is 5.90. The molecule has 1 aliphatic rings. The molecule has 104 valence electrons. The van der Waals surface area contributed by atoms with Gasteiger partial charge in [0.1, 0.15) is 0 Å². The first-order chi connectivity index (χ1) is 8.85. The van der Waals surface area contributed by atoms with E-state index < -0.39 is 9.84 Å². The minimum Gasteiger partial charge on any atom is -0.334 e. The Morgan fingerprint density at radius 1 is 1.42 bits per heavy atom. The lowest BCUT2D eigenvalue weighted by Gasteiger charge is -2.13. The maximum atomic E-state index is 11.8. The molecular weight excluding hydrogens is 332 g/mol. The highest BCUT2D eigenvalue weighted by molar-refractivity contribution is 9.10. The number of hydrogen-bond acceptors (Lipinski definition) is 3. The van der Waals surface area contributed by atoms with Crippen molar-refractivity contribution in [2.75, 3.05) is 16.8 Å². The minimum absolute atomic E-state index is 0.0275. The van der Waals surface area contributed by atoms with Crippen LogP contribution in [0.1, 0.15) is 12.0 Å². The van der Waals surface area contributed by atoms with Crippen molar-refractivity contribution < 1.29 is 13.2 Å². The Labute approximate surface area is 120 Å². The summed E-state index contributed by atoms with van der Waals surface area (Å²) >= 11 is 3.35. The molecule has 1 saturated heterocycles. The maximum Gasteiger partial charge on any atom is 0.319 e. The number of aryl methyl sites for hydroxylation is 1. The molecule has 2 amide bonds. The van der Waals surface area contributed by atoms with E-state index >= 15 is 0 Å². The Bertz CT molecular complexity index is 601. The average molecular weight is 347 g/mol. The van der Waals surface area contributed by atoms with Gasteiger partial charge in [-0.05, 0) is 37.1 Å². The van der Waals surface area contributed by atoms with Gasteiger partial charge in [-0.25, -0.2) is 13.2 Å². The van der Waals surface area contributed by atoms with Crippen LogP contribution in [0.2, 0.25) is 0 Å². The molecule has 0 spiro atoms. The van der Waals surface area contributed by atoms with Gasteiger partial charge in [0, 0.05) is 16.2 Å². The number of halogens is 1. The maximum absolute atomic E-state index is 11.8. The van der Waals surface area contributed by atoms with Gasteiger partial charge in [-0.3, -0.25) is 0 Å². The summed E-state index contributed by atoms with van der Waals surface area (Å²) in [5.74, 6) is 0.176. The predicted octanol–water partition coefficient (Wildman–Crippen LogP) is 2.07. The molecule has 0 saturated carbocycles. The number of nitrogens with one attached hydrogen (secondary N) is 2. The van der Waals surface area contributed by atoms with E-state index in [2.05, 4.69) is 26.6 Å². The van der Waals surface area contributed by atoms with Crippen LogP contribution in [-0.4, -0.2) is 32.0 Å². The number of benzene rings is 1. The van der Waals surface area contributed by atoms with Gasteiger partial charge in [0.25, 0.3) is 0 Å². The summed E-state index contributed by atoms with van der Waals surface area (Å²) in [4.78, 5) is 11.8. The third-order valence-electron chi connectivity index (χ3n) is 3.00. The Kier molecular flexibility index (Phi) is 4.15. The van der Waals surface area contributed by atoms with Crippen LogP contribution in [-0.2, 0) is 9.84 Å². The summed E-state index contributed by atoms with van der Waals surface area (Å²) in [7, 11) is -2.98. The number of hydrogen-bond donors (Lipinski definition) is 2. The molecule has 5 nitrogen and oxygen atoms in total. The van der Waals surface area contributed by atoms with E-state index in [0.717, 1.165) is 10.0 Å². The average Bonchev–Trinajstić information content (AvgIpc) is 2.62. The van der Waals surface area contributed by atoms with Gasteiger partial charge in [0.05, 0.1) is 11.5 Å². The number of amides is 2. The summed E-state index contributed by atoms with van der Waals surface area (Å²) in [6.07, 6.45) is 0.481. The van der Waals surface area contributed by atoms with Crippen molar-refractivity contribution in [3.8, 4) is 0 Å². The SMILES string of the molecule is Cc1cc(Br)ccc1NC(=O)NC1CCS(=O)(=O)C1. The van der Waals surface area contributed by atoms with E-state index in [4.69, 9.17) is 0 Å². The lowest BCUT2D eigenvalue weighted by Crippen LogP contribution is -2.38. The number of carbonyl (C=O) groups excluding carboxylic acids is 1. The summed E-state index contributed by atoms with van der Waals surface area (Å²) in [6, 6.07) is 4.87. The molecule has 1 aromatic carbocycles. The molecule has 1 aliphatic heterocycles. The number of rotatable bonds is 2. The number of sulfone groups is 1. The lowest BCUT2D eigenvalue weighted by atomic mass is 10.2. The fourth-order valence-electron chi connectivity index (χ4n) is 2.02. The van der Waals surface area contributed by atoms with Gasteiger partial charge >= 0.3 is 6.03 Å². The van der Waals surface area contributed by atoms with E-state index in [1.54, 1.807) is 6.07 Å². The largest absolute Gasteiger partial charge is 0.334 e. The van der Waals surface area contributed by atoms with Gasteiger partial charge in [0.2, 0.25) is 0 Å². The quantitative estimate of drug-likeness (QED) is 0.860. The van der Waals surface area contributed by atoms with Gasteiger partial charge in [-0.2, -0.15) is 0 Å². The van der Waals surface area contributed by atoms with Crippen molar-refractivity contribution in [2.24, 2.45) is 0 Å². The third-order valence-corrected chi connectivity index (χ3v) is 5.27. The van der Waals surface area contributed by atoms with Crippen LogP contribution in [0.15, 0.2) is 22.7 Å².